The van der Waals surface area contributed by atoms with E-state index in [1.165, 1.54) is 6.07 Å². The highest BCUT2D eigenvalue weighted by molar-refractivity contribution is 5.78. The number of rotatable bonds is 7. The number of hydrogen-bond acceptors (Lipinski definition) is 3. The van der Waals surface area contributed by atoms with Crippen molar-refractivity contribution in [3.05, 3.63) is 29.8 Å². The third-order valence-electron chi connectivity index (χ3n) is 2.20. The molecule has 1 aromatic carbocycles. The monoisotopic (exact) mass is 258 g/mol. The number of amides is 1. The van der Waals surface area contributed by atoms with E-state index >= 15 is 0 Å². The normalized spacial score (nSPS) is 10.4. The molecule has 0 bridgehead atoms. The van der Waals surface area contributed by atoms with Crippen LogP contribution in [0.15, 0.2) is 24.3 Å². The molecule has 0 fully saturated rings. The van der Waals surface area contributed by atoms with Crippen molar-refractivity contribution >= 4 is 5.91 Å². The summed E-state index contributed by atoms with van der Waals surface area (Å²) in [4.78, 5) is 11.3. The minimum Gasteiger partial charge on any atom is -0.434 e. The quantitative estimate of drug-likeness (QED) is 0.779. The Kier molecular flexibility index (Phi) is 6.07. The first-order chi connectivity index (χ1) is 8.63. The Morgan fingerprint density at radius 2 is 2.11 bits per heavy atom. The summed E-state index contributed by atoms with van der Waals surface area (Å²) < 4.78 is 28.7. The molecular formula is C12H16F2N2O2. The molecule has 0 atom stereocenters. The first-order valence-corrected chi connectivity index (χ1v) is 5.63. The van der Waals surface area contributed by atoms with Gasteiger partial charge in [-0.25, -0.2) is 0 Å². The summed E-state index contributed by atoms with van der Waals surface area (Å²) in [6.07, 6.45) is 0. The Morgan fingerprint density at radius 1 is 1.39 bits per heavy atom. The summed E-state index contributed by atoms with van der Waals surface area (Å²) in [5, 5.41) is 5.49. The number of para-hydroxylation sites is 1. The molecule has 1 amide bonds. The molecule has 0 spiro atoms. The molecule has 6 heteroatoms. The van der Waals surface area contributed by atoms with Crippen molar-refractivity contribution in [2.75, 3.05) is 13.1 Å². The second-order valence-corrected chi connectivity index (χ2v) is 3.54. The number of nitrogens with one attached hydrogen (secondary N) is 2. The second kappa shape index (κ2) is 7.60. The first-order valence-electron chi connectivity index (χ1n) is 5.63. The van der Waals surface area contributed by atoms with Crippen molar-refractivity contribution in [3.63, 3.8) is 0 Å². The molecular weight excluding hydrogens is 242 g/mol. The van der Waals surface area contributed by atoms with E-state index in [0.29, 0.717) is 12.1 Å². The summed E-state index contributed by atoms with van der Waals surface area (Å²) in [5.41, 5.74) is 0.516. The van der Waals surface area contributed by atoms with Crippen molar-refractivity contribution in [1.82, 2.24) is 10.6 Å². The molecule has 0 heterocycles. The van der Waals surface area contributed by atoms with E-state index in [1.807, 2.05) is 6.92 Å². The van der Waals surface area contributed by atoms with Crippen LogP contribution in [0.4, 0.5) is 8.78 Å². The first kappa shape index (κ1) is 14.4. The van der Waals surface area contributed by atoms with Gasteiger partial charge in [-0.05, 0) is 12.6 Å². The molecule has 0 radical (unpaired) electrons. The minimum absolute atomic E-state index is 0.0799. The topological polar surface area (TPSA) is 50.4 Å². The third-order valence-corrected chi connectivity index (χ3v) is 2.20. The smallest absolute Gasteiger partial charge is 0.387 e. The molecule has 0 unspecified atom stereocenters. The van der Waals surface area contributed by atoms with Gasteiger partial charge in [0.05, 0.1) is 6.54 Å². The zero-order chi connectivity index (χ0) is 13.4. The van der Waals surface area contributed by atoms with E-state index in [9.17, 15) is 13.6 Å². The highest BCUT2D eigenvalue weighted by atomic mass is 19.3. The molecule has 0 aliphatic carbocycles. The van der Waals surface area contributed by atoms with Crippen LogP contribution in [0.5, 0.6) is 5.75 Å². The Morgan fingerprint density at radius 3 is 2.78 bits per heavy atom. The molecule has 100 valence electrons. The fourth-order valence-corrected chi connectivity index (χ4v) is 1.36. The Bertz CT molecular complexity index is 386. The van der Waals surface area contributed by atoms with E-state index in [2.05, 4.69) is 15.4 Å². The predicted octanol–water partition coefficient (Wildman–Crippen LogP) is 1.51. The number of likely N-dealkylation sites (N-methyl/N-ethyl adjacent to an activating group) is 1. The maximum Gasteiger partial charge on any atom is 0.387 e. The lowest BCUT2D eigenvalue weighted by Gasteiger charge is -2.11. The van der Waals surface area contributed by atoms with Gasteiger partial charge < -0.3 is 15.4 Å². The van der Waals surface area contributed by atoms with Crippen molar-refractivity contribution in [3.8, 4) is 5.75 Å². The van der Waals surface area contributed by atoms with E-state index in [1.54, 1.807) is 18.2 Å². The van der Waals surface area contributed by atoms with Crippen LogP contribution in [0.2, 0.25) is 0 Å². The molecule has 0 aromatic heterocycles. The van der Waals surface area contributed by atoms with Crippen LogP contribution in [0.3, 0.4) is 0 Å². The van der Waals surface area contributed by atoms with Crippen molar-refractivity contribution in [2.45, 2.75) is 20.1 Å². The maximum atomic E-state index is 12.1. The fraction of sp³-hybridized carbons (Fsp3) is 0.417. The Labute approximate surface area is 104 Å². The van der Waals surface area contributed by atoms with Crippen molar-refractivity contribution in [2.24, 2.45) is 0 Å². The lowest BCUT2D eigenvalue weighted by molar-refractivity contribution is -0.120. The number of ether oxygens (including phenoxy) is 1. The summed E-state index contributed by atoms with van der Waals surface area (Å²) in [6.45, 7) is 0.0718. The fourth-order valence-electron chi connectivity index (χ4n) is 1.36. The number of benzene rings is 1. The number of hydrogen-bond donors (Lipinski definition) is 2. The van der Waals surface area contributed by atoms with E-state index < -0.39 is 6.61 Å². The van der Waals surface area contributed by atoms with Crippen LogP contribution < -0.4 is 15.4 Å². The average molecular weight is 258 g/mol. The standard InChI is InChI=1S/C12H16F2N2O2/c1-2-15-8-11(17)16-7-9-5-3-4-6-10(9)18-12(13)14/h3-6,12,15H,2,7-8H2,1H3,(H,16,17). The summed E-state index contributed by atoms with van der Waals surface area (Å²) >= 11 is 0. The van der Waals surface area contributed by atoms with Crippen molar-refractivity contribution < 1.29 is 18.3 Å². The predicted molar refractivity (Wildman–Crippen MR) is 63.5 cm³/mol. The average Bonchev–Trinajstić information content (AvgIpc) is 2.34. The molecule has 0 aliphatic heterocycles. The SMILES string of the molecule is CCNCC(=O)NCc1ccccc1OC(F)F. The largest absolute Gasteiger partial charge is 0.434 e. The summed E-state index contributed by atoms with van der Waals surface area (Å²) in [7, 11) is 0. The van der Waals surface area contributed by atoms with Gasteiger partial charge in [-0.3, -0.25) is 4.79 Å². The molecule has 0 saturated heterocycles. The highest BCUT2D eigenvalue weighted by Gasteiger charge is 2.09. The van der Waals surface area contributed by atoms with E-state index in [-0.39, 0.29) is 24.7 Å². The molecule has 1 aromatic rings. The number of halogens is 2. The van der Waals surface area contributed by atoms with Gasteiger partial charge in [-0.1, -0.05) is 25.1 Å². The number of alkyl halides is 2. The van der Waals surface area contributed by atoms with Gasteiger partial charge in [0.1, 0.15) is 5.75 Å². The number of carbonyl (C=O) groups excluding carboxylic acids is 1. The lowest BCUT2D eigenvalue weighted by atomic mass is 10.2. The third kappa shape index (κ3) is 5.09. The van der Waals surface area contributed by atoms with E-state index in [4.69, 9.17) is 0 Å². The van der Waals surface area contributed by atoms with Crippen LogP contribution in [0, 0.1) is 0 Å². The molecule has 0 aliphatic rings. The zero-order valence-electron chi connectivity index (χ0n) is 10.1. The van der Waals surface area contributed by atoms with Crippen LogP contribution in [-0.2, 0) is 11.3 Å². The summed E-state index contributed by atoms with van der Waals surface area (Å²) in [5.74, 6) is -0.111. The van der Waals surface area contributed by atoms with Gasteiger partial charge in [0.25, 0.3) is 0 Å². The van der Waals surface area contributed by atoms with Gasteiger partial charge in [-0.15, -0.1) is 0 Å². The lowest BCUT2D eigenvalue weighted by Crippen LogP contribution is -2.33. The van der Waals surface area contributed by atoms with Crippen molar-refractivity contribution in [1.29, 1.82) is 0 Å². The molecule has 4 nitrogen and oxygen atoms in total. The summed E-state index contributed by atoms with van der Waals surface area (Å²) in [6, 6.07) is 6.37. The minimum atomic E-state index is -2.87. The van der Waals surface area contributed by atoms with Crippen LogP contribution in [0.1, 0.15) is 12.5 Å². The molecule has 1 rings (SSSR count). The highest BCUT2D eigenvalue weighted by Crippen LogP contribution is 2.19. The number of carbonyl (C=O) groups is 1. The van der Waals surface area contributed by atoms with Gasteiger partial charge in [0, 0.05) is 12.1 Å². The zero-order valence-corrected chi connectivity index (χ0v) is 10.1. The van der Waals surface area contributed by atoms with E-state index in [0.717, 1.165) is 0 Å². The van der Waals surface area contributed by atoms with Crippen LogP contribution >= 0.6 is 0 Å². The van der Waals surface area contributed by atoms with Gasteiger partial charge in [0.2, 0.25) is 5.91 Å². The van der Waals surface area contributed by atoms with Crippen LogP contribution in [0.25, 0.3) is 0 Å². The second-order valence-electron chi connectivity index (χ2n) is 3.54. The maximum absolute atomic E-state index is 12.1. The molecule has 2 N–H and O–H groups in total. The Balaban J connectivity index is 2.53. The van der Waals surface area contributed by atoms with Crippen LogP contribution in [-0.4, -0.2) is 25.6 Å². The van der Waals surface area contributed by atoms with Gasteiger partial charge >= 0.3 is 6.61 Å². The van der Waals surface area contributed by atoms with Gasteiger partial charge in [-0.2, -0.15) is 8.78 Å². The Hall–Kier alpha value is -1.69. The molecule has 18 heavy (non-hydrogen) atoms. The van der Waals surface area contributed by atoms with Gasteiger partial charge in [0.15, 0.2) is 0 Å². The molecule has 0 saturated carbocycles.